The van der Waals surface area contributed by atoms with Crippen molar-refractivity contribution in [2.24, 2.45) is 0 Å². The van der Waals surface area contributed by atoms with E-state index in [0.29, 0.717) is 5.02 Å². The number of anilines is 9. The van der Waals surface area contributed by atoms with Gasteiger partial charge in [-0.3, -0.25) is 0 Å². The average molecular weight is 865 g/mol. The van der Waals surface area contributed by atoms with E-state index in [9.17, 15) is 0 Å². The molecule has 1 heterocycles. The molecule has 0 saturated carbocycles. The number of fused-ring (bicyclic) bond motifs is 6. The zero-order valence-corrected chi connectivity index (χ0v) is 39.5. The SMILES string of the molecule is CC1(C)CCC(C)(C)c2cc(N(c3ccc4c(c3)C(C)(C)CCC4(C)C)c3cccc(N4c5cccc(c5)N(c5ccccc5)c5ccccc5Sc5ccccc54)c3Cl)ccc21. The summed E-state index contributed by atoms with van der Waals surface area (Å²) >= 11 is 9.87. The number of hydrogen-bond donors (Lipinski definition) is 0. The van der Waals surface area contributed by atoms with E-state index in [0.717, 1.165) is 68.9 Å². The van der Waals surface area contributed by atoms with Crippen molar-refractivity contribution < 1.29 is 0 Å². The van der Waals surface area contributed by atoms with Gasteiger partial charge in [-0.2, -0.15) is 0 Å². The fourth-order valence-electron chi connectivity index (χ4n) is 10.5. The lowest BCUT2D eigenvalue weighted by Crippen LogP contribution is -2.34. The predicted octanol–water partition coefficient (Wildman–Crippen LogP) is 17.9. The van der Waals surface area contributed by atoms with Crippen LogP contribution in [0, 0.1) is 0 Å². The lowest BCUT2D eigenvalue weighted by Gasteiger charge is -2.43. The quantitative estimate of drug-likeness (QED) is 0.170. The van der Waals surface area contributed by atoms with Crippen molar-refractivity contribution in [1.29, 1.82) is 0 Å². The monoisotopic (exact) mass is 863 g/mol. The molecule has 2 aliphatic carbocycles. The molecule has 10 rings (SSSR count). The van der Waals surface area contributed by atoms with E-state index in [-0.39, 0.29) is 21.7 Å². The molecule has 3 aliphatic rings. The van der Waals surface area contributed by atoms with E-state index in [1.165, 1.54) is 40.0 Å². The molecule has 63 heavy (non-hydrogen) atoms. The van der Waals surface area contributed by atoms with Crippen molar-refractivity contribution in [2.75, 3.05) is 14.7 Å². The molecule has 0 aromatic heterocycles. The summed E-state index contributed by atoms with van der Waals surface area (Å²) in [5, 5.41) is 0.690. The Hall–Kier alpha value is -5.42. The van der Waals surface area contributed by atoms with Crippen molar-refractivity contribution in [3.05, 3.63) is 185 Å². The lowest BCUT2D eigenvalue weighted by atomic mass is 9.63. The Labute approximate surface area is 384 Å². The summed E-state index contributed by atoms with van der Waals surface area (Å²) in [6.45, 7) is 19.3. The number of rotatable bonds is 5. The Kier molecular flexibility index (Phi) is 10.2. The molecule has 0 radical (unpaired) electrons. The molecule has 3 nitrogen and oxygen atoms in total. The van der Waals surface area contributed by atoms with Crippen LogP contribution in [-0.2, 0) is 21.7 Å². The van der Waals surface area contributed by atoms with Crippen LogP contribution in [0.2, 0.25) is 5.02 Å². The third-order valence-corrected chi connectivity index (χ3v) is 15.9. The van der Waals surface area contributed by atoms with E-state index >= 15 is 0 Å². The minimum absolute atomic E-state index is 0.0421. The summed E-state index contributed by atoms with van der Waals surface area (Å²) in [6, 6.07) is 58.1. The third-order valence-electron chi connectivity index (χ3n) is 14.4. The Morgan fingerprint density at radius 1 is 0.413 bits per heavy atom. The fourth-order valence-corrected chi connectivity index (χ4v) is 11.8. The van der Waals surface area contributed by atoms with E-state index in [2.05, 4.69) is 228 Å². The maximum Gasteiger partial charge on any atom is 0.0887 e. The average Bonchev–Trinajstić information content (AvgIpc) is 3.27. The minimum Gasteiger partial charge on any atom is -0.309 e. The smallest absolute Gasteiger partial charge is 0.0887 e. The normalized spacial score (nSPS) is 17.7. The first kappa shape index (κ1) is 41.6. The Bertz CT molecular complexity index is 2800. The second kappa shape index (κ2) is 15.4. The first-order valence-electron chi connectivity index (χ1n) is 22.6. The molecule has 0 fully saturated rings. The van der Waals surface area contributed by atoms with Gasteiger partial charge in [0, 0.05) is 38.2 Å². The summed E-state index contributed by atoms with van der Waals surface area (Å²) in [4.78, 5) is 9.49. The van der Waals surface area contributed by atoms with Gasteiger partial charge in [-0.15, -0.1) is 0 Å². The molecule has 0 spiro atoms. The molecule has 7 aromatic rings. The molecular weight excluding hydrogens is 806 g/mol. The van der Waals surface area contributed by atoms with Gasteiger partial charge >= 0.3 is 0 Å². The highest BCUT2D eigenvalue weighted by Gasteiger charge is 2.40. The Morgan fingerprint density at radius 2 is 0.841 bits per heavy atom. The zero-order valence-electron chi connectivity index (χ0n) is 38.0. The highest BCUT2D eigenvalue weighted by Crippen LogP contribution is 2.55. The van der Waals surface area contributed by atoms with Crippen molar-refractivity contribution in [3.63, 3.8) is 0 Å². The molecule has 0 saturated heterocycles. The van der Waals surface area contributed by atoms with E-state index < -0.39 is 0 Å². The van der Waals surface area contributed by atoms with Crippen molar-refractivity contribution in [1.82, 2.24) is 0 Å². The van der Waals surface area contributed by atoms with E-state index in [4.69, 9.17) is 11.6 Å². The number of para-hydroxylation sites is 3. The third kappa shape index (κ3) is 7.24. The maximum atomic E-state index is 8.08. The molecule has 0 amide bonds. The summed E-state index contributed by atoms with van der Waals surface area (Å²) in [5.41, 5.74) is 15.6. The Morgan fingerprint density at radius 3 is 1.40 bits per heavy atom. The summed E-state index contributed by atoms with van der Waals surface area (Å²) < 4.78 is 0. The van der Waals surface area contributed by atoms with Gasteiger partial charge < -0.3 is 14.7 Å². The van der Waals surface area contributed by atoms with Gasteiger partial charge in [-0.05, 0) is 161 Å². The number of hydrogen-bond acceptors (Lipinski definition) is 4. The molecule has 7 aromatic carbocycles. The largest absolute Gasteiger partial charge is 0.309 e. The van der Waals surface area contributed by atoms with Gasteiger partial charge in [0.15, 0.2) is 0 Å². The molecular formula is C58H58ClN3S. The van der Waals surface area contributed by atoms with Crippen molar-refractivity contribution in [2.45, 2.75) is 113 Å². The lowest BCUT2D eigenvalue weighted by molar-refractivity contribution is 0.332. The maximum absolute atomic E-state index is 8.08. The first-order chi connectivity index (χ1) is 30.1. The summed E-state index contributed by atoms with van der Waals surface area (Å²) in [5.74, 6) is 0. The number of halogens is 1. The number of benzene rings is 7. The summed E-state index contributed by atoms with van der Waals surface area (Å²) in [6.07, 6.45) is 4.63. The van der Waals surface area contributed by atoms with Gasteiger partial charge in [0.25, 0.3) is 0 Å². The van der Waals surface area contributed by atoms with Crippen LogP contribution in [0.25, 0.3) is 0 Å². The standard InChI is InChI=1S/C58H58ClN3S/c1-55(2)32-34-57(5,6)46-37-42(28-30-44(46)55)61(43-29-31-45-47(38-43)58(7,8)35-33-56(45,3)4)50-24-17-25-51(54(50)59)62-41-21-16-20-40(36-41)60(39-18-10-9-11-19-39)48-22-12-14-26-52(48)63-53-27-15-13-23-49(53)62/h9-31,36-38H,32-35H2,1-8H3. The van der Waals surface area contributed by atoms with Gasteiger partial charge in [0.05, 0.1) is 27.8 Å². The molecule has 318 valence electrons. The van der Waals surface area contributed by atoms with Crippen LogP contribution in [0.3, 0.4) is 0 Å². The molecule has 5 heteroatoms. The highest BCUT2D eigenvalue weighted by atomic mass is 35.5. The van der Waals surface area contributed by atoms with Crippen LogP contribution in [0.15, 0.2) is 168 Å². The topological polar surface area (TPSA) is 9.72 Å². The molecule has 0 N–H and O–H groups in total. The molecule has 2 bridgehead atoms. The minimum atomic E-state index is 0.0421. The fraction of sp³-hybridized carbons (Fsp3) is 0.276. The second-order valence-corrected chi connectivity index (χ2v) is 22.0. The van der Waals surface area contributed by atoms with E-state index in [1.54, 1.807) is 11.8 Å². The van der Waals surface area contributed by atoms with Crippen LogP contribution >= 0.6 is 23.4 Å². The van der Waals surface area contributed by atoms with Gasteiger partial charge in [-0.1, -0.05) is 145 Å². The van der Waals surface area contributed by atoms with Crippen LogP contribution in [0.5, 0.6) is 0 Å². The highest BCUT2D eigenvalue weighted by molar-refractivity contribution is 7.99. The molecule has 1 aliphatic heterocycles. The van der Waals surface area contributed by atoms with Crippen LogP contribution < -0.4 is 14.7 Å². The Balaban J connectivity index is 1.21. The van der Waals surface area contributed by atoms with Crippen LogP contribution in [0.4, 0.5) is 51.2 Å². The molecule has 0 atom stereocenters. The summed E-state index contributed by atoms with van der Waals surface area (Å²) in [7, 11) is 0. The van der Waals surface area contributed by atoms with Crippen LogP contribution in [-0.4, -0.2) is 0 Å². The van der Waals surface area contributed by atoms with Crippen molar-refractivity contribution in [3.8, 4) is 0 Å². The number of nitrogens with zero attached hydrogens (tertiary/aromatic N) is 3. The zero-order chi connectivity index (χ0) is 43.9. The first-order valence-corrected chi connectivity index (χ1v) is 23.8. The predicted molar refractivity (Wildman–Crippen MR) is 270 cm³/mol. The van der Waals surface area contributed by atoms with Crippen LogP contribution in [0.1, 0.15) is 103 Å². The second-order valence-electron chi connectivity index (χ2n) is 20.5. The molecule has 0 unspecified atom stereocenters. The van der Waals surface area contributed by atoms with Gasteiger partial charge in [0.1, 0.15) is 0 Å². The van der Waals surface area contributed by atoms with Gasteiger partial charge in [-0.25, -0.2) is 0 Å². The van der Waals surface area contributed by atoms with E-state index in [1.807, 2.05) is 0 Å². The van der Waals surface area contributed by atoms with Gasteiger partial charge in [0.2, 0.25) is 0 Å². The van der Waals surface area contributed by atoms with Crippen molar-refractivity contribution >= 4 is 74.5 Å².